The predicted molar refractivity (Wildman–Crippen MR) is 120 cm³/mol. The fourth-order valence-corrected chi connectivity index (χ4v) is 3.96. The number of H-pyrrole nitrogens is 1. The molecule has 1 fully saturated rings. The number of benzene rings is 1. The molecule has 0 unspecified atom stereocenters. The number of methoxy groups -OCH3 is 1. The van der Waals surface area contributed by atoms with Crippen molar-refractivity contribution in [2.45, 2.75) is 50.5 Å². The van der Waals surface area contributed by atoms with Gasteiger partial charge in [0.05, 0.1) is 24.7 Å². The number of pyridine rings is 1. The molecule has 0 atom stereocenters. The van der Waals surface area contributed by atoms with Crippen molar-refractivity contribution in [1.29, 1.82) is 0 Å². The number of hydrogen-bond acceptors (Lipinski definition) is 6. The standard InChI is InChI=1S/C23H28N6O2/c1-23(2,30)11-14-4-7-19(25-12-14)15-8-16(9-15)21-27-22(29-28-21)18-6-5-17(31-3)10-20(18)26-13-24/h4-7,10,12-13,15-16,30H,8-9,11H2,1-3H3,(H2,24,26)(H,27,28,29). The van der Waals surface area contributed by atoms with E-state index in [1.807, 2.05) is 18.3 Å². The van der Waals surface area contributed by atoms with Gasteiger partial charge in [-0.25, -0.2) is 9.98 Å². The summed E-state index contributed by atoms with van der Waals surface area (Å²) in [6, 6.07) is 9.68. The number of nitrogens with zero attached hydrogens (tertiary/aromatic N) is 4. The van der Waals surface area contributed by atoms with Gasteiger partial charge in [0.1, 0.15) is 11.6 Å². The Balaban J connectivity index is 1.43. The van der Waals surface area contributed by atoms with Crippen molar-refractivity contribution in [2.75, 3.05) is 7.11 Å². The molecule has 8 heteroatoms. The number of nitrogens with one attached hydrogen (secondary N) is 1. The Hall–Kier alpha value is -3.26. The van der Waals surface area contributed by atoms with Gasteiger partial charge in [-0.3, -0.25) is 10.1 Å². The number of hydrogen-bond donors (Lipinski definition) is 3. The first-order valence-electron chi connectivity index (χ1n) is 10.4. The molecule has 1 saturated carbocycles. The maximum absolute atomic E-state index is 9.96. The van der Waals surface area contributed by atoms with E-state index in [2.05, 4.69) is 32.3 Å². The normalized spacial score (nSPS) is 18.8. The smallest absolute Gasteiger partial charge is 0.183 e. The lowest BCUT2D eigenvalue weighted by atomic mass is 9.72. The lowest BCUT2D eigenvalue weighted by Gasteiger charge is -2.33. The second-order valence-corrected chi connectivity index (χ2v) is 8.65. The van der Waals surface area contributed by atoms with Crippen LogP contribution in [0.3, 0.4) is 0 Å². The van der Waals surface area contributed by atoms with Gasteiger partial charge in [0.25, 0.3) is 0 Å². The summed E-state index contributed by atoms with van der Waals surface area (Å²) in [6.45, 7) is 3.61. The minimum Gasteiger partial charge on any atom is -0.497 e. The fourth-order valence-electron chi connectivity index (χ4n) is 3.96. The van der Waals surface area contributed by atoms with Crippen LogP contribution in [0.2, 0.25) is 0 Å². The van der Waals surface area contributed by atoms with Gasteiger partial charge < -0.3 is 15.6 Å². The molecule has 31 heavy (non-hydrogen) atoms. The van der Waals surface area contributed by atoms with E-state index in [9.17, 15) is 5.11 Å². The molecule has 1 aromatic carbocycles. The number of ether oxygens (including phenoxy) is 1. The van der Waals surface area contributed by atoms with Crippen LogP contribution in [-0.4, -0.2) is 44.3 Å². The minimum absolute atomic E-state index is 0.323. The molecule has 0 radical (unpaired) electrons. The summed E-state index contributed by atoms with van der Waals surface area (Å²) in [4.78, 5) is 13.5. The van der Waals surface area contributed by atoms with E-state index in [0.29, 0.717) is 35.5 Å². The first-order valence-corrected chi connectivity index (χ1v) is 10.4. The van der Waals surface area contributed by atoms with Crippen LogP contribution in [0.1, 0.15) is 55.6 Å². The van der Waals surface area contributed by atoms with E-state index in [1.165, 1.54) is 6.34 Å². The van der Waals surface area contributed by atoms with Gasteiger partial charge in [-0.2, -0.15) is 5.10 Å². The molecule has 2 aromatic heterocycles. The van der Waals surface area contributed by atoms with Crippen molar-refractivity contribution in [3.8, 4) is 17.1 Å². The van der Waals surface area contributed by atoms with Crippen LogP contribution in [-0.2, 0) is 6.42 Å². The average Bonchev–Trinajstić information content (AvgIpc) is 3.16. The lowest BCUT2D eigenvalue weighted by molar-refractivity contribution is 0.0809. The van der Waals surface area contributed by atoms with Crippen LogP contribution < -0.4 is 10.5 Å². The van der Waals surface area contributed by atoms with Crippen molar-refractivity contribution < 1.29 is 9.84 Å². The predicted octanol–water partition coefficient (Wildman–Crippen LogP) is 3.47. The molecule has 1 aliphatic carbocycles. The highest BCUT2D eigenvalue weighted by Gasteiger charge is 2.34. The SMILES string of the molecule is COc1ccc(-c2n[nH]c(C3CC(c4ccc(CC(C)(C)O)cn4)C3)n2)c(N=CN)c1. The fraction of sp³-hybridized carbons (Fsp3) is 0.391. The molecule has 1 aliphatic rings. The van der Waals surface area contributed by atoms with Crippen molar-refractivity contribution >= 4 is 12.0 Å². The van der Waals surface area contributed by atoms with E-state index < -0.39 is 5.60 Å². The van der Waals surface area contributed by atoms with Gasteiger partial charge in [-0.1, -0.05) is 6.07 Å². The minimum atomic E-state index is -0.728. The third-order valence-corrected chi connectivity index (χ3v) is 5.59. The summed E-state index contributed by atoms with van der Waals surface area (Å²) in [5, 5.41) is 17.4. The largest absolute Gasteiger partial charge is 0.497 e. The third kappa shape index (κ3) is 4.74. The van der Waals surface area contributed by atoms with Crippen molar-refractivity contribution in [3.63, 3.8) is 0 Å². The first kappa shape index (κ1) is 21.0. The van der Waals surface area contributed by atoms with Crippen LogP contribution in [0, 0.1) is 0 Å². The molecule has 0 amide bonds. The summed E-state index contributed by atoms with van der Waals surface area (Å²) < 4.78 is 5.27. The lowest BCUT2D eigenvalue weighted by Crippen LogP contribution is -2.23. The number of aromatic amines is 1. The maximum Gasteiger partial charge on any atom is 0.183 e. The van der Waals surface area contributed by atoms with Gasteiger partial charge in [0, 0.05) is 41.8 Å². The number of aliphatic hydroxyl groups is 1. The number of aromatic nitrogens is 4. The van der Waals surface area contributed by atoms with Crippen molar-refractivity contribution in [1.82, 2.24) is 20.2 Å². The van der Waals surface area contributed by atoms with Gasteiger partial charge in [0.15, 0.2) is 5.82 Å². The van der Waals surface area contributed by atoms with Crippen LogP contribution in [0.25, 0.3) is 11.4 Å². The molecular weight excluding hydrogens is 392 g/mol. The van der Waals surface area contributed by atoms with Crippen LogP contribution in [0.5, 0.6) is 5.75 Å². The average molecular weight is 421 g/mol. The highest BCUT2D eigenvalue weighted by Crippen LogP contribution is 2.46. The Kier molecular flexibility index (Phi) is 5.73. The van der Waals surface area contributed by atoms with E-state index >= 15 is 0 Å². The molecule has 4 N–H and O–H groups in total. The summed E-state index contributed by atoms with van der Waals surface area (Å²) in [5.41, 5.74) is 8.36. The molecule has 0 saturated heterocycles. The van der Waals surface area contributed by atoms with Crippen LogP contribution >= 0.6 is 0 Å². The zero-order valence-corrected chi connectivity index (χ0v) is 18.0. The third-order valence-electron chi connectivity index (χ3n) is 5.59. The summed E-state index contributed by atoms with van der Waals surface area (Å²) >= 11 is 0. The molecule has 162 valence electrons. The van der Waals surface area contributed by atoms with Gasteiger partial charge >= 0.3 is 0 Å². The van der Waals surface area contributed by atoms with Gasteiger partial charge in [-0.15, -0.1) is 0 Å². The monoisotopic (exact) mass is 420 g/mol. The Morgan fingerprint density at radius 2 is 2.06 bits per heavy atom. The molecule has 0 spiro atoms. The topological polar surface area (TPSA) is 122 Å². The van der Waals surface area contributed by atoms with E-state index in [0.717, 1.165) is 35.5 Å². The van der Waals surface area contributed by atoms with E-state index in [-0.39, 0.29) is 0 Å². The highest BCUT2D eigenvalue weighted by atomic mass is 16.5. The molecule has 3 aromatic rings. The van der Waals surface area contributed by atoms with Crippen LogP contribution in [0.15, 0.2) is 41.5 Å². The van der Waals surface area contributed by atoms with Crippen molar-refractivity contribution in [2.24, 2.45) is 10.7 Å². The second-order valence-electron chi connectivity index (χ2n) is 8.65. The highest BCUT2D eigenvalue weighted by molar-refractivity contribution is 5.75. The molecule has 2 heterocycles. The number of aliphatic imine (C=N–C) groups is 1. The molecular formula is C23H28N6O2. The summed E-state index contributed by atoms with van der Waals surface area (Å²) in [5.74, 6) is 2.90. The quantitative estimate of drug-likeness (QED) is 0.397. The number of nitrogens with two attached hydrogens (primary N) is 1. The Bertz CT molecular complexity index is 1060. The maximum atomic E-state index is 9.96. The van der Waals surface area contributed by atoms with E-state index in [4.69, 9.17) is 15.5 Å². The van der Waals surface area contributed by atoms with Gasteiger partial charge in [0.2, 0.25) is 0 Å². The molecule has 8 nitrogen and oxygen atoms in total. The van der Waals surface area contributed by atoms with Crippen molar-refractivity contribution in [3.05, 3.63) is 53.6 Å². The molecule has 4 rings (SSSR count). The molecule has 0 aliphatic heterocycles. The Labute approximate surface area is 181 Å². The van der Waals surface area contributed by atoms with E-state index in [1.54, 1.807) is 27.0 Å². The van der Waals surface area contributed by atoms with Gasteiger partial charge in [-0.05, 0) is 50.5 Å². The first-order chi connectivity index (χ1) is 14.9. The second kappa shape index (κ2) is 8.47. The zero-order valence-electron chi connectivity index (χ0n) is 18.0. The Morgan fingerprint density at radius 1 is 1.26 bits per heavy atom. The summed E-state index contributed by atoms with van der Waals surface area (Å²) in [6.07, 6.45) is 5.67. The zero-order chi connectivity index (χ0) is 22.0. The Morgan fingerprint density at radius 3 is 2.71 bits per heavy atom. The molecule has 0 bridgehead atoms. The summed E-state index contributed by atoms with van der Waals surface area (Å²) in [7, 11) is 1.61. The number of rotatable bonds is 7. The van der Waals surface area contributed by atoms with Crippen LogP contribution in [0.4, 0.5) is 5.69 Å².